The Morgan fingerprint density at radius 2 is 1.48 bits per heavy atom. The van der Waals surface area contributed by atoms with E-state index in [4.69, 9.17) is 25.5 Å². The van der Waals surface area contributed by atoms with Crippen LogP contribution in [-0.2, 0) is 0 Å². The summed E-state index contributed by atoms with van der Waals surface area (Å²) in [5, 5.41) is 46.3. The number of allylic oxidation sites excluding steroid dienone is 2. The lowest BCUT2D eigenvalue weighted by Crippen LogP contribution is -1.89. The van der Waals surface area contributed by atoms with Crippen molar-refractivity contribution in [2.24, 2.45) is 0 Å². The number of nitriles is 4. The van der Waals surface area contributed by atoms with Crippen LogP contribution in [0.3, 0.4) is 0 Å². The molecule has 7 heteroatoms. The average molecular weight is 281 g/mol. The third kappa shape index (κ3) is 5.77. The summed E-state index contributed by atoms with van der Waals surface area (Å²) in [6.07, 6.45) is 2.27. The highest BCUT2D eigenvalue weighted by Crippen LogP contribution is 2.25. The molecule has 1 rings (SSSR count). The standard InChI is InChI=1S/C12H4N4O2.C2H7N/c13-4-8(5-14)1-10-3-11(18-12(10)17)2-9(6-15)7-16;1-3-2/h1-3,17H;3H,1-2H3. The van der Waals surface area contributed by atoms with Gasteiger partial charge in [-0.15, -0.1) is 0 Å². The van der Waals surface area contributed by atoms with Crippen molar-refractivity contribution in [3.8, 4) is 30.2 Å². The summed E-state index contributed by atoms with van der Waals surface area (Å²) in [6.45, 7) is 0. The van der Waals surface area contributed by atoms with Gasteiger partial charge in [-0.3, -0.25) is 0 Å². The van der Waals surface area contributed by atoms with Gasteiger partial charge in [-0.2, -0.15) is 21.0 Å². The van der Waals surface area contributed by atoms with Crippen molar-refractivity contribution < 1.29 is 9.52 Å². The van der Waals surface area contributed by atoms with E-state index in [1.807, 2.05) is 14.1 Å². The Kier molecular flexibility index (Phi) is 7.84. The van der Waals surface area contributed by atoms with Crippen LogP contribution in [0.25, 0.3) is 12.2 Å². The van der Waals surface area contributed by atoms with E-state index < -0.39 is 5.95 Å². The van der Waals surface area contributed by atoms with Crippen molar-refractivity contribution in [2.45, 2.75) is 0 Å². The zero-order valence-electron chi connectivity index (χ0n) is 11.4. The van der Waals surface area contributed by atoms with Gasteiger partial charge in [0.1, 0.15) is 41.2 Å². The summed E-state index contributed by atoms with van der Waals surface area (Å²) in [6, 6.07) is 7.82. The van der Waals surface area contributed by atoms with Gasteiger partial charge in [0, 0.05) is 6.08 Å². The second-order valence-corrected chi connectivity index (χ2v) is 3.47. The monoisotopic (exact) mass is 281 g/mol. The highest BCUT2D eigenvalue weighted by atomic mass is 16.5. The number of nitrogens with one attached hydrogen (secondary N) is 1. The van der Waals surface area contributed by atoms with Gasteiger partial charge < -0.3 is 14.8 Å². The van der Waals surface area contributed by atoms with Gasteiger partial charge in [0.25, 0.3) is 5.95 Å². The molecule has 21 heavy (non-hydrogen) atoms. The first kappa shape index (κ1) is 17.5. The lowest BCUT2D eigenvalue weighted by Gasteiger charge is -1.85. The zero-order chi connectivity index (χ0) is 16.3. The quantitative estimate of drug-likeness (QED) is 0.785. The molecule has 0 amide bonds. The van der Waals surface area contributed by atoms with Crippen LogP contribution in [0.15, 0.2) is 21.6 Å². The van der Waals surface area contributed by atoms with E-state index in [2.05, 4.69) is 5.32 Å². The molecule has 0 fully saturated rings. The number of furan rings is 1. The van der Waals surface area contributed by atoms with Crippen LogP contribution in [0.2, 0.25) is 0 Å². The van der Waals surface area contributed by atoms with Crippen LogP contribution in [-0.4, -0.2) is 19.2 Å². The largest absolute Gasteiger partial charge is 0.480 e. The molecule has 0 atom stereocenters. The predicted octanol–water partition coefficient (Wildman–Crippen LogP) is 1.68. The third-order valence-corrected chi connectivity index (χ3v) is 1.83. The van der Waals surface area contributed by atoms with Crippen LogP contribution in [0, 0.1) is 45.3 Å². The minimum absolute atomic E-state index is 0.0760. The van der Waals surface area contributed by atoms with Crippen molar-refractivity contribution in [3.05, 3.63) is 28.5 Å². The Morgan fingerprint density at radius 1 is 1.05 bits per heavy atom. The van der Waals surface area contributed by atoms with Gasteiger partial charge in [0.05, 0.1) is 5.56 Å². The van der Waals surface area contributed by atoms with E-state index in [1.54, 1.807) is 24.3 Å². The molecular weight excluding hydrogens is 270 g/mol. The van der Waals surface area contributed by atoms with Crippen LogP contribution < -0.4 is 5.32 Å². The van der Waals surface area contributed by atoms with Crippen LogP contribution in [0.4, 0.5) is 0 Å². The molecule has 0 aliphatic heterocycles. The lowest BCUT2D eigenvalue weighted by atomic mass is 10.2. The van der Waals surface area contributed by atoms with Crippen LogP contribution >= 0.6 is 0 Å². The van der Waals surface area contributed by atoms with Crippen molar-refractivity contribution >= 4 is 12.2 Å². The SMILES string of the molecule is CNC.N#CC(C#N)=Cc1cc(C=C(C#N)C#N)c(O)o1. The summed E-state index contributed by atoms with van der Waals surface area (Å²) >= 11 is 0. The zero-order valence-corrected chi connectivity index (χ0v) is 11.4. The molecule has 0 aliphatic rings. The molecule has 2 N–H and O–H groups in total. The number of hydrogen-bond acceptors (Lipinski definition) is 7. The smallest absolute Gasteiger partial charge is 0.289 e. The minimum atomic E-state index is -0.500. The van der Waals surface area contributed by atoms with E-state index in [1.165, 1.54) is 6.07 Å². The Hall–Kier alpha value is -3.52. The molecule has 7 nitrogen and oxygen atoms in total. The molecule has 104 valence electrons. The second-order valence-electron chi connectivity index (χ2n) is 3.47. The molecule has 0 unspecified atom stereocenters. The maximum absolute atomic E-state index is 9.40. The molecule has 1 heterocycles. The summed E-state index contributed by atoms with van der Waals surface area (Å²) in [7, 11) is 3.75. The van der Waals surface area contributed by atoms with Crippen LogP contribution in [0.1, 0.15) is 11.3 Å². The van der Waals surface area contributed by atoms with E-state index in [9.17, 15) is 5.11 Å². The van der Waals surface area contributed by atoms with Gasteiger partial charge in [-0.25, -0.2) is 0 Å². The number of hydrogen-bond donors (Lipinski definition) is 2. The fraction of sp³-hybridized carbons (Fsp3) is 0.143. The van der Waals surface area contributed by atoms with Crippen molar-refractivity contribution in [3.63, 3.8) is 0 Å². The predicted molar refractivity (Wildman–Crippen MR) is 73.8 cm³/mol. The number of rotatable bonds is 2. The summed E-state index contributed by atoms with van der Waals surface area (Å²) in [4.78, 5) is 0. The normalized spacial score (nSPS) is 7.71. The first-order valence-electron chi connectivity index (χ1n) is 5.51. The number of aromatic hydroxyl groups is 1. The van der Waals surface area contributed by atoms with E-state index in [0.29, 0.717) is 0 Å². The average Bonchev–Trinajstić information content (AvgIpc) is 2.82. The van der Waals surface area contributed by atoms with Crippen LogP contribution in [0.5, 0.6) is 5.95 Å². The molecular formula is C14H11N5O2. The molecule has 0 radical (unpaired) electrons. The molecule has 0 saturated heterocycles. The van der Waals surface area contributed by atoms with E-state index >= 15 is 0 Å². The highest BCUT2D eigenvalue weighted by Gasteiger charge is 2.08. The fourth-order valence-corrected chi connectivity index (χ4v) is 1.07. The first-order valence-corrected chi connectivity index (χ1v) is 5.51. The highest BCUT2D eigenvalue weighted by molar-refractivity contribution is 5.68. The summed E-state index contributed by atoms with van der Waals surface area (Å²) in [5.74, 6) is -0.424. The lowest BCUT2D eigenvalue weighted by molar-refractivity contribution is 0.329. The Balaban J connectivity index is 0.00000122. The van der Waals surface area contributed by atoms with Gasteiger partial charge in [0.15, 0.2) is 0 Å². The first-order chi connectivity index (χ1) is 10.1. The third-order valence-electron chi connectivity index (χ3n) is 1.83. The van der Waals surface area contributed by atoms with Crippen molar-refractivity contribution in [1.29, 1.82) is 21.0 Å². The van der Waals surface area contributed by atoms with Gasteiger partial charge in [-0.1, -0.05) is 0 Å². The summed E-state index contributed by atoms with van der Waals surface area (Å²) < 4.78 is 4.85. The van der Waals surface area contributed by atoms with Gasteiger partial charge in [0.2, 0.25) is 0 Å². The molecule has 1 aromatic heterocycles. The van der Waals surface area contributed by atoms with Gasteiger partial charge in [-0.05, 0) is 26.2 Å². The molecule has 0 spiro atoms. The maximum atomic E-state index is 9.40. The Morgan fingerprint density at radius 3 is 1.90 bits per heavy atom. The van der Waals surface area contributed by atoms with E-state index in [-0.39, 0.29) is 22.5 Å². The Labute approximate surface area is 121 Å². The molecule has 0 aromatic carbocycles. The second kappa shape index (κ2) is 9.42. The molecule has 0 aliphatic carbocycles. The van der Waals surface area contributed by atoms with E-state index in [0.717, 1.165) is 12.2 Å². The minimum Gasteiger partial charge on any atom is -0.480 e. The van der Waals surface area contributed by atoms with Crippen molar-refractivity contribution in [1.82, 2.24) is 5.32 Å². The molecule has 1 aromatic rings. The molecule has 0 saturated carbocycles. The van der Waals surface area contributed by atoms with Gasteiger partial charge >= 0.3 is 0 Å². The fourth-order valence-electron chi connectivity index (χ4n) is 1.07. The molecule has 0 bridgehead atoms. The summed E-state index contributed by atoms with van der Waals surface area (Å²) in [5.41, 5.74) is -0.280. The topological polar surface area (TPSA) is 141 Å². The number of nitrogens with zero attached hydrogens (tertiary/aromatic N) is 4. The van der Waals surface area contributed by atoms with Crippen molar-refractivity contribution in [2.75, 3.05) is 14.1 Å². The maximum Gasteiger partial charge on any atom is 0.289 e. The Bertz CT molecular complexity index is 683.